The third-order valence-corrected chi connectivity index (χ3v) is 4.03. The largest absolute Gasteiger partial charge is 0.481 e. The van der Waals surface area contributed by atoms with E-state index < -0.39 is 23.3 Å². The van der Waals surface area contributed by atoms with Gasteiger partial charge in [-0.15, -0.1) is 0 Å². The molecule has 1 saturated heterocycles. The van der Waals surface area contributed by atoms with Crippen molar-refractivity contribution in [1.29, 1.82) is 0 Å². The number of methoxy groups -OCH3 is 1. The van der Waals surface area contributed by atoms with E-state index in [4.69, 9.17) is 5.11 Å². The highest BCUT2D eigenvalue weighted by Crippen LogP contribution is 2.48. The van der Waals surface area contributed by atoms with Gasteiger partial charge < -0.3 is 14.7 Å². The zero-order valence-corrected chi connectivity index (χ0v) is 11.2. The Labute approximate surface area is 111 Å². The topological polar surface area (TPSA) is 83.9 Å². The fraction of sp³-hybridized carbons (Fsp3) is 0.769. The number of carbonyl (C=O) groups is 3. The second-order valence-electron chi connectivity index (χ2n) is 5.66. The van der Waals surface area contributed by atoms with Gasteiger partial charge in [-0.05, 0) is 25.2 Å². The molecular formula is C13H19NO5. The van der Waals surface area contributed by atoms with E-state index in [0.29, 0.717) is 25.8 Å². The second kappa shape index (κ2) is 4.83. The summed E-state index contributed by atoms with van der Waals surface area (Å²) in [5, 5.41) is 9.10. The summed E-state index contributed by atoms with van der Waals surface area (Å²) in [5.74, 6) is -2.06. The number of aliphatic carboxylic acids is 1. The molecule has 1 aliphatic heterocycles. The molecule has 1 amide bonds. The standard InChI is InChI=1S/C13H19NO5/c1-8-5-9(10(15)16)7-14(6-8)11(17)13(3-4-13)12(18)19-2/h8-9H,3-7H2,1-2H3,(H,15,16). The van der Waals surface area contributed by atoms with Gasteiger partial charge in [-0.2, -0.15) is 0 Å². The number of hydrogen-bond donors (Lipinski definition) is 1. The van der Waals surface area contributed by atoms with Crippen LogP contribution in [-0.2, 0) is 19.1 Å². The first-order valence-corrected chi connectivity index (χ1v) is 6.51. The number of nitrogens with zero attached hydrogens (tertiary/aromatic N) is 1. The van der Waals surface area contributed by atoms with Gasteiger partial charge in [-0.3, -0.25) is 14.4 Å². The normalized spacial score (nSPS) is 28.6. The maximum atomic E-state index is 12.4. The first kappa shape index (κ1) is 13.8. The fourth-order valence-electron chi connectivity index (χ4n) is 2.82. The van der Waals surface area contributed by atoms with Crippen LogP contribution in [0.2, 0.25) is 0 Å². The Morgan fingerprint density at radius 3 is 2.37 bits per heavy atom. The van der Waals surface area contributed by atoms with Crippen molar-refractivity contribution in [3.8, 4) is 0 Å². The van der Waals surface area contributed by atoms with Gasteiger partial charge in [-0.1, -0.05) is 6.92 Å². The lowest BCUT2D eigenvalue weighted by atomic mass is 9.89. The van der Waals surface area contributed by atoms with Crippen LogP contribution in [-0.4, -0.2) is 48.1 Å². The average molecular weight is 269 g/mol. The summed E-state index contributed by atoms with van der Waals surface area (Å²) in [6.45, 7) is 2.63. The van der Waals surface area contributed by atoms with Gasteiger partial charge in [0.15, 0.2) is 0 Å². The van der Waals surface area contributed by atoms with Crippen molar-refractivity contribution in [1.82, 2.24) is 4.90 Å². The highest BCUT2D eigenvalue weighted by atomic mass is 16.5. The molecule has 2 aliphatic rings. The van der Waals surface area contributed by atoms with Gasteiger partial charge >= 0.3 is 11.9 Å². The molecule has 0 aromatic heterocycles. The lowest BCUT2D eigenvalue weighted by molar-refractivity contribution is -0.158. The first-order valence-electron chi connectivity index (χ1n) is 6.51. The Morgan fingerprint density at radius 1 is 1.26 bits per heavy atom. The van der Waals surface area contributed by atoms with Crippen LogP contribution in [0, 0.1) is 17.3 Å². The van der Waals surface area contributed by atoms with Crippen molar-refractivity contribution in [2.24, 2.45) is 17.3 Å². The molecule has 2 unspecified atom stereocenters. The number of carboxylic acids is 1. The third kappa shape index (κ3) is 2.43. The van der Waals surface area contributed by atoms with Crippen LogP contribution in [0.4, 0.5) is 0 Å². The molecule has 0 aromatic carbocycles. The van der Waals surface area contributed by atoms with Gasteiger partial charge in [0.05, 0.1) is 13.0 Å². The summed E-state index contributed by atoms with van der Waals surface area (Å²) >= 11 is 0. The van der Waals surface area contributed by atoms with E-state index in [0.717, 1.165) is 0 Å². The minimum atomic E-state index is -1.03. The molecule has 0 spiro atoms. The number of amides is 1. The minimum Gasteiger partial charge on any atom is -0.481 e. The average Bonchev–Trinajstić information content (AvgIpc) is 3.17. The molecule has 19 heavy (non-hydrogen) atoms. The molecule has 0 bridgehead atoms. The van der Waals surface area contributed by atoms with Crippen molar-refractivity contribution in [2.45, 2.75) is 26.2 Å². The summed E-state index contributed by atoms with van der Waals surface area (Å²) in [4.78, 5) is 36.7. The zero-order valence-electron chi connectivity index (χ0n) is 11.2. The van der Waals surface area contributed by atoms with Crippen LogP contribution in [0.15, 0.2) is 0 Å². The number of esters is 1. The van der Waals surface area contributed by atoms with Gasteiger partial charge in [0.1, 0.15) is 5.41 Å². The van der Waals surface area contributed by atoms with E-state index >= 15 is 0 Å². The SMILES string of the molecule is COC(=O)C1(C(=O)N2CC(C)CC(C(=O)O)C2)CC1. The molecule has 1 N–H and O–H groups in total. The number of likely N-dealkylation sites (tertiary alicyclic amines) is 1. The van der Waals surface area contributed by atoms with E-state index in [1.807, 2.05) is 6.92 Å². The van der Waals surface area contributed by atoms with Crippen LogP contribution in [0.5, 0.6) is 0 Å². The minimum absolute atomic E-state index is 0.132. The van der Waals surface area contributed by atoms with Crippen molar-refractivity contribution in [3.05, 3.63) is 0 Å². The molecule has 6 nitrogen and oxygen atoms in total. The lowest BCUT2D eigenvalue weighted by Crippen LogP contribution is -2.49. The number of piperidine rings is 1. The van der Waals surface area contributed by atoms with E-state index in [-0.39, 0.29) is 18.4 Å². The van der Waals surface area contributed by atoms with Crippen molar-refractivity contribution in [2.75, 3.05) is 20.2 Å². The number of hydrogen-bond acceptors (Lipinski definition) is 4. The molecular weight excluding hydrogens is 250 g/mol. The molecule has 0 aromatic rings. The lowest BCUT2D eigenvalue weighted by Gasteiger charge is -2.36. The molecule has 1 heterocycles. The Hall–Kier alpha value is -1.59. The van der Waals surface area contributed by atoms with Crippen molar-refractivity contribution in [3.63, 3.8) is 0 Å². The Kier molecular flexibility index (Phi) is 3.52. The smallest absolute Gasteiger partial charge is 0.321 e. The predicted octanol–water partition coefficient (Wildman–Crippen LogP) is 0.509. The molecule has 2 rings (SSSR count). The van der Waals surface area contributed by atoms with E-state index in [9.17, 15) is 14.4 Å². The highest BCUT2D eigenvalue weighted by Gasteiger charge is 2.59. The van der Waals surface area contributed by atoms with Gasteiger partial charge in [0.2, 0.25) is 5.91 Å². The highest BCUT2D eigenvalue weighted by molar-refractivity contribution is 6.05. The number of rotatable bonds is 3. The maximum absolute atomic E-state index is 12.4. The van der Waals surface area contributed by atoms with Crippen LogP contribution in [0.3, 0.4) is 0 Å². The quantitative estimate of drug-likeness (QED) is 0.596. The van der Waals surface area contributed by atoms with Gasteiger partial charge in [-0.25, -0.2) is 0 Å². The molecule has 2 atom stereocenters. The maximum Gasteiger partial charge on any atom is 0.321 e. The summed E-state index contributed by atoms with van der Waals surface area (Å²) in [7, 11) is 1.27. The van der Waals surface area contributed by atoms with Crippen molar-refractivity contribution >= 4 is 17.8 Å². The Balaban J connectivity index is 2.11. The molecule has 2 fully saturated rings. The molecule has 6 heteroatoms. The number of ether oxygens (including phenoxy) is 1. The van der Waals surface area contributed by atoms with Crippen LogP contribution in [0.25, 0.3) is 0 Å². The zero-order chi connectivity index (χ0) is 14.2. The molecule has 106 valence electrons. The molecule has 0 radical (unpaired) electrons. The van der Waals surface area contributed by atoms with E-state index in [2.05, 4.69) is 4.74 Å². The second-order valence-corrected chi connectivity index (χ2v) is 5.66. The van der Waals surface area contributed by atoms with Gasteiger partial charge in [0, 0.05) is 13.1 Å². The Bertz CT molecular complexity index is 415. The summed E-state index contributed by atoms with van der Waals surface area (Å²) in [6.07, 6.45) is 1.58. The third-order valence-electron chi connectivity index (χ3n) is 4.03. The van der Waals surface area contributed by atoms with E-state index in [1.54, 1.807) is 0 Å². The molecule has 1 aliphatic carbocycles. The summed E-state index contributed by atoms with van der Waals surface area (Å²) < 4.78 is 4.69. The Morgan fingerprint density at radius 2 is 1.89 bits per heavy atom. The number of carboxylic acid groups (broad SMARTS) is 1. The van der Waals surface area contributed by atoms with Crippen LogP contribution < -0.4 is 0 Å². The fourth-order valence-corrected chi connectivity index (χ4v) is 2.82. The van der Waals surface area contributed by atoms with Crippen LogP contribution >= 0.6 is 0 Å². The summed E-state index contributed by atoms with van der Waals surface area (Å²) in [5.41, 5.74) is -1.03. The van der Waals surface area contributed by atoms with E-state index in [1.165, 1.54) is 12.0 Å². The predicted molar refractivity (Wildman–Crippen MR) is 65.2 cm³/mol. The first-order chi connectivity index (χ1) is 8.90. The van der Waals surface area contributed by atoms with Crippen molar-refractivity contribution < 1.29 is 24.2 Å². The summed E-state index contributed by atoms with van der Waals surface area (Å²) in [6, 6.07) is 0. The number of carbonyl (C=O) groups excluding carboxylic acids is 2. The van der Waals surface area contributed by atoms with Crippen LogP contribution in [0.1, 0.15) is 26.2 Å². The monoisotopic (exact) mass is 269 g/mol. The van der Waals surface area contributed by atoms with Gasteiger partial charge in [0.25, 0.3) is 0 Å². The molecule has 1 saturated carbocycles.